The lowest BCUT2D eigenvalue weighted by Gasteiger charge is -2.02. The first-order valence-corrected chi connectivity index (χ1v) is 8.34. The van der Waals surface area contributed by atoms with Gasteiger partial charge in [0.25, 0.3) is 5.56 Å². The van der Waals surface area contributed by atoms with Crippen LogP contribution >= 0.6 is 20.7 Å². The summed E-state index contributed by atoms with van der Waals surface area (Å²) in [7, 11) is 2.98. The van der Waals surface area contributed by atoms with E-state index in [0.717, 1.165) is 23.4 Å². The smallest absolute Gasteiger partial charge is 0.273 e. The zero-order chi connectivity index (χ0) is 14.4. The van der Waals surface area contributed by atoms with Crippen LogP contribution in [-0.2, 0) is 4.79 Å². The molecule has 7 nitrogen and oxygen atoms in total. The molecule has 0 aliphatic carbocycles. The fourth-order valence-electron chi connectivity index (χ4n) is 1.77. The zero-order valence-corrected chi connectivity index (χ0v) is 12.2. The number of fused-ring (bicyclic) bond motifs is 1. The van der Waals surface area contributed by atoms with Crippen LogP contribution in [0.3, 0.4) is 0 Å². The van der Waals surface area contributed by atoms with Crippen LogP contribution in [0.2, 0.25) is 0 Å². The molecule has 2 rings (SSSR count). The lowest BCUT2D eigenvalue weighted by atomic mass is 10.2. The molecule has 0 unspecified atom stereocenters. The van der Waals surface area contributed by atoms with Crippen LogP contribution < -0.4 is 10.9 Å². The molecule has 0 radical (unpaired) electrons. The Bertz CT molecular complexity index is 652. The number of amides is 1. The van der Waals surface area contributed by atoms with E-state index in [1.54, 1.807) is 0 Å². The molecule has 1 amide bonds. The number of hydrogen-bond donors (Lipinski definition) is 2. The Morgan fingerprint density at radius 3 is 3.10 bits per heavy atom. The number of unbranched alkanes of at least 4 members (excludes halogenated alkanes) is 2. The third-order valence-electron chi connectivity index (χ3n) is 2.73. The lowest BCUT2D eigenvalue weighted by Crippen LogP contribution is -2.16. The first-order chi connectivity index (χ1) is 9.72. The van der Waals surface area contributed by atoms with Crippen LogP contribution in [0.4, 0.5) is 5.69 Å². The van der Waals surface area contributed by atoms with E-state index in [-0.39, 0.29) is 11.5 Å². The van der Waals surface area contributed by atoms with Crippen LogP contribution in [-0.4, -0.2) is 17.4 Å². The molecule has 2 aliphatic rings. The molecular weight excluding hydrogens is 298 g/mol. The maximum atomic E-state index is 11.8. The van der Waals surface area contributed by atoms with Gasteiger partial charge in [-0.25, -0.2) is 0 Å². The van der Waals surface area contributed by atoms with E-state index in [4.69, 9.17) is 5.53 Å². The van der Waals surface area contributed by atoms with E-state index in [2.05, 4.69) is 20.3 Å². The second-order valence-electron chi connectivity index (χ2n) is 4.18. The summed E-state index contributed by atoms with van der Waals surface area (Å²) in [5.74, 6) is -0.162. The highest BCUT2D eigenvalue weighted by Crippen LogP contribution is 2.35. The minimum atomic E-state index is -0.254. The second-order valence-corrected chi connectivity index (χ2v) is 6.26. The highest BCUT2D eigenvalue weighted by Gasteiger charge is 2.18. The van der Waals surface area contributed by atoms with Crippen LogP contribution in [0.5, 0.6) is 0 Å². The minimum Gasteiger partial charge on any atom is -0.320 e. The summed E-state index contributed by atoms with van der Waals surface area (Å²) >= 11 is 0. The molecule has 0 spiro atoms. The summed E-state index contributed by atoms with van der Waals surface area (Å²) in [5.41, 5.74) is 8.98. The van der Waals surface area contributed by atoms with Gasteiger partial charge in [-0.2, -0.15) is 0 Å². The van der Waals surface area contributed by atoms with Crippen LogP contribution in [0.15, 0.2) is 15.3 Å². The van der Waals surface area contributed by atoms with E-state index >= 15 is 0 Å². The largest absolute Gasteiger partial charge is 0.320 e. The lowest BCUT2D eigenvalue weighted by molar-refractivity contribution is -0.116. The van der Waals surface area contributed by atoms with Gasteiger partial charge in [-0.3, -0.25) is 9.59 Å². The number of carbonyl (C=O) groups excluding carboxylic acids is 1. The monoisotopic (exact) mass is 311 g/mol. The number of nitrogens with one attached hydrogen (secondary N) is 2. The van der Waals surface area contributed by atoms with Crippen molar-refractivity contribution in [3.63, 3.8) is 0 Å². The van der Waals surface area contributed by atoms with Crippen molar-refractivity contribution < 1.29 is 4.79 Å². The number of azide groups is 1. The standard InChI is InChI=1S/C11H13N5O2S2/c12-16-13-5-3-1-2-4-8(17)15-9-10-7(6-19-20-10)14-11(9)18/h6H,1-5H2,(H,14,18)(H,15,17). The Balaban J connectivity index is 1.80. The molecule has 20 heavy (non-hydrogen) atoms. The number of aromatic nitrogens is 1. The summed E-state index contributed by atoms with van der Waals surface area (Å²) < 4.78 is 0. The average molecular weight is 311 g/mol. The summed E-state index contributed by atoms with van der Waals surface area (Å²) in [5, 5.41) is 7.95. The third kappa shape index (κ3) is 3.60. The van der Waals surface area contributed by atoms with Crippen LogP contribution in [0, 0.1) is 0 Å². The highest BCUT2D eigenvalue weighted by molar-refractivity contribution is 7.70. The van der Waals surface area contributed by atoms with Gasteiger partial charge >= 0.3 is 0 Å². The van der Waals surface area contributed by atoms with Gasteiger partial charge < -0.3 is 10.3 Å². The Kier molecular flexibility index (Phi) is 5.16. The van der Waals surface area contributed by atoms with Crippen molar-refractivity contribution in [2.45, 2.75) is 25.7 Å². The maximum Gasteiger partial charge on any atom is 0.273 e. The Hall–Kier alpha value is -1.83. The highest BCUT2D eigenvalue weighted by atomic mass is 32.9. The molecule has 0 saturated carbocycles. The molecule has 0 aromatic heterocycles. The summed E-state index contributed by atoms with van der Waals surface area (Å²) in [6.07, 6.45) is 2.66. The van der Waals surface area contributed by atoms with Crippen molar-refractivity contribution in [2.75, 3.05) is 11.9 Å². The van der Waals surface area contributed by atoms with E-state index in [1.165, 1.54) is 20.7 Å². The van der Waals surface area contributed by atoms with Gasteiger partial charge in [0.2, 0.25) is 5.91 Å². The molecule has 0 atom stereocenters. The fourth-order valence-corrected chi connectivity index (χ4v) is 3.93. The molecule has 2 heterocycles. The predicted molar refractivity (Wildman–Crippen MR) is 80.5 cm³/mol. The molecular formula is C11H13N5O2S2. The zero-order valence-electron chi connectivity index (χ0n) is 10.6. The number of H-pyrrole nitrogens is 1. The van der Waals surface area contributed by atoms with Crippen molar-refractivity contribution in [2.24, 2.45) is 5.11 Å². The number of aromatic amines is 1. The van der Waals surface area contributed by atoms with Gasteiger partial charge in [0.1, 0.15) is 5.69 Å². The van der Waals surface area contributed by atoms with E-state index in [1.807, 2.05) is 5.38 Å². The normalized spacial score (nSPS) is 10.4. The minimum absolute atomic E-state index is 0.162. The van der Waals surface area contributed by atoms with Gasteiger partial charge in [-0.15, -0.1) is 0 Å². The van der Waals surface area contributed by atoms with Gasteiger partial charge in [0.15, 0.2) is 0 Å². The molecule has 0 aromatic rings. The van der Waals surface area contributed by atoms with Gasteiger partial charge in [0, 0.05) is 23.3 Å². The predicted octanol–water partition coefficient (Wildman–Crippen LogP) is 3.41. The van der Waals surface area contributed by atoms with E-state index < -0.39 is 0 Å². The topological polar surface area (TPSA) is 111 Å². The van der Waals surface area contributed by atoms with Crippen molar-refractivity contribution in [1.29, 1.82) is 0 Å². The number of nitrogens with zero attached hydrogens (tertiary/aromatic N) is 3. The Morgan fingerprint density at radius 1 is 1.45 bits per heavy atom. The molecule has 9 heteroatoms. The average Bonchev–Trinajstić information content (AvgIpc) is 2.97. The third-order valence-corrected chi connectivity index (χ3v) is 4.83. The van der Waals surface area contributed by atoms with Gasteiger partial charge in [0.05, 0.1) is 10.6 Å². The van der Waals surface area contributed by atoms with Crippen molar-refractivity contribution >= 4 is 32.3 Å². The number of hydrogen-bond acceptors (Lipinski definition) is 5. The first-order valence-electron chi connectivity index (χ1n) is 6.12. The van der Waals surface area contributed by atoms with Crippen molar-refractivity contribution in [3.05, 3.63) is 26.2 Å². The first kappa shape index (κ1) is 14.6. The maximum absolute atomic E-state index is 11.8. The quantitative estimate of drug-likeness (QED) is 0.268. The Morgan fingerprint density at radius 2 is 2.30 bits per heavy atom. The van der Waals surface area contributed by atoms with Crippen LogP contribution in [0.1, 0.15) is 25.7 Å². The Labute approximate surface area is 122 Å². The van der Waals surface area contributed by atoms with E-state index in [9.17, 15) is 9.59 Å². The molecule has 2 N–H and O–H groups in total. The number of carbonyl (C=O) groups is 1. The summed E-state index contributed by atoms with van der Waals surface area (Å²) in [6, 6.07) is 0. The summed E-state index contributed by atoms with van der Waals surface area (Å²) in [4.78, 5) is 29.6. The SMILES string of the molecule is [N-]=[N+]=NCCCCCC(=O)Nc1c2sscc-2[nH]c1=O. The van der Waals surface area contributed by atoms with Crippen molar-refractivity contribution in [1.82, 2.24) is 4.98 Å². The molecule has 0 fully saturated rings. The van der Waals surface area contributed by atoms with Crippen molar-refractivity contribution in [3.8, 4) is 10.6 Å². The second kappa shape index (κ2) is 7.09. The number of rotatable bonds is 7. The molecule has 0 aromatic carbocycles. The summed E-state index contributed by atoms with van der Waals surface area (Å²) in [6.45, 7) is 0.456. The molecule has 106 valence electrons. The molecule has 2 aliphatic heterocycles. The molecule has 0 bridgehead atoms. The number of anilines is 1. The van der Waals surface area contributed by atoms with Gasteiger partial charge in [-0.05, 0) is 18.4 Å². The van der Waals surface area contributed by atoms with E-state index in [0.29, 0.717) is 25.1 Å². The fraction of sp³-hybridized carbons (Fsp3) is 0.455. The molecule has 0 saturated heterocycles. The van der Waals surface area contributed by atoms with Crippen LogP contribution in [0.25, 0.3) is 21.0 Å². The van der Waals surface area contributed by atoms with Gasteiger partial charge in [-0.1, -0.05) is 32.2 Å².